The molecule has 0 saturated heterocycles. The minimum Gasteiger partial charge on any atom is -0.308 e. The van der Waals surface area contributed by atoms with Crippen molar-refractivity contribution in [2.45, 2.75) is 26.7 Å². The highest BCUT2D eigenvalue weighted by molar-refractivity contribution is 6.07. The lowest BCUT2D eigenvalue weighted by Crippen LogP contribution is -2.36. The van der Waals surface area contributed by atoms with Gasteiger partial charge >= 0.3 is 0 Å². The van der Waals surface area contributed by atoms with Gasteiger partial charge < -0.3 is 4.90 Å². The van der Waals surface area contributed by atoms with E-state index in [1.54, 1.807) is 17.0 Å². The number of carbonyl (C=O) groups is 1. The molecule has 2 aromatic carbocycles. The van der Waals surface area contributed by atoms with Gasteiger partial charge in [-0.15, -0.1) is 0 Å². The summed E-state index contributed by atoms with van der Waals surface area (Å²) in [5.74, 6) is -0.703. The predicted octanol–water partition coefficient (Wildman–Crippen LogP) is 4.04. The number of halogens is 1. The minimum atomic E-state index is -0.454. The summed E-state index contributed by atoms with van der Waals surface area (Å²) in [4.78, 5) is 14.4. The molecule has 2 nitrogen and oxygen atoms in total. The van der Waals surface area contributed by atoms with Gasteiger partial charge in [-0.1, -0.05) is 29.3 Å². The van der Waals surface area contributed by atoms with E-state index in [0.717, 1.165) is 24.1 Å². The predicted molar refractivity (Wildman–Crippen MR) is 82.3 cm³/mol. The number of hydrogen-bond donors (Lipinski definition) is 0. The van der Waals surface area contributed by atoms with Crippen molar-refractivity contribution < 1.29 is 9.18 Å². The zero-order valence-electron chi connectivity index (χ0n) is 12.3. The summed E-state index contributed by atoms with van der Waals surface area (Å²) in [6.45, 7) is 4.55. The lowest BCUT2D eigenvalue weighted by Gasteiger charge is -2.30. The van der Waals surface area contributed by atoms with Crippen LogP contribution in [-0.2, 0) is 6.42 Å². The van der Waals surface area contributed by atoms with E-state index in [2.05, 4.69) is 6.07 Å². The number of nitrogens with zero attached hydrogens (tertiary/aromatic N) is 1. The summed E-state index contributed by atoms with van der Waals surface area (Å²) in [5.41, 5.74) is 4.31. The minimum absolute atomic E-state index is 0.156. The molecule has 1 amide bonds. The quantitative estimate of drug-likeness (QED) is 0.773. The Morgan fingerprint density at radius 1 is 1.10 bits per heavy atom. The van der Waals surface area contributed by atoms with Gasteiger partial charge in [0.25, 0.3) is 5.91 Å². The third kappa shape index (κ3) is 2.56. The van der Waals surface area contributed by atoms with Gasteiger partial charge in [-0.05, 0) is 50.5 Å². The van der Waals surface area contributed by atoms with Crippen molar-refractivity contribution in [1.82, 2.24) is 0 Å². The zero-order valence-corrected chi connectivity index (χ0v) is 12.3. The van der Waals surface area contributed by atoms with Crippen molar-refractivity contribution in [3.63, 3.8) is 0 Å². The van der Waals surface area contributed by atoms with Crippen LogP contribution in [0, 0.1) is 19.7 Å². The fourth-order valence-corrected chi connectivity index (χ4v) is 2.89. The molecule has 108 valence electrons. The van der Waals surface area contributed by atoms with Crippen molar-refractivity contribution in [3.8, 4) is 0 Å². The molecule has 1 heterocycles. The molecule has 0 fully saturated rings. The largest absolute Gasteiger partial charge is 0.308 e. The fourth-order valence-electron chi connectivity index (χ4n) is 2.89. The van der Waals surface area contributed by atoms with E-state index in [9.17, 15) is 9.18 Å². The van der Waals surface area contributed by atoms with Gasteiger partial charge in [0.2, 0.25) is 0 Å². The van der Waals surface area contributed by atoms with E-state index < -0.39 is 5.82 Å². The third-order valence-electron chi connectivity index (χ3n) is 3.95. The second-order valence-electron chi connectivity index (χ2n) is 5.68. The SMILES string of the molecule is Cc1ccc2c(c1)CCCN2C(=O)c1cc(C)ccc1F. The maximum atomic E-state index is 14.0. The van der Waals surface area contributed by atoms with Crippen LogP contribution in [0.5, 0.6) is 0 Å². The average molecular weight is 283 g/mol. The topological polar surface area (TPSA) is 20.3 Å². The van der Waals surface area contributed by atoms with E-state index in [-0.39, 0.29) is 11.5 Å². The molecule has 0 unspecified atom stereocenters. The molecule has 2 aromatic rings. The highest BCUT2D eigenvalue weighted by atomic mass is 19.1. The van der Waals surface area contributed by atoms with Gasteiger partial charge in [-0.2, -0.15) is 0 Å². The van der Waals surface area contributed by atoms with Crippen LogP contribution in [-0.4, -0.2) is 12.5 Å². The van der Waals surface area contributed by atoms with Crippen LogP contribution in [0.2, 0.25) is 0 Å². The highest BCUT2D eigenvalue weighted by Crippen LogP contribution is 2.29. The lowest BCUT2D eigenvalue weighted by molar-refractivity contribution is 0.0981. The van der Waals surface area contributed by atoms with Gasteiger partial charge in [-0.3, -0.25) is 4.79 Å². The molecule has 0 aliphatic carbocycles. The molecule has 3 rings (SSSR count). The maximum absolute atomic E-state index is 14.0. The van der Waals surface area contributed by atoms with Crippen molar-refractivity contribution >= 4 is 11.6 Å². The van der Waals surface area contributed by atoms with Gasteiger partial charge in [0.15, 0.2) is 0 Å². The van der Waals surface area contributed by atoms with Crippen LogP contribution in [0.4, 0.5) is 10.1 Å². The highest BCUT2D eigenvalue weighted by Gasteiger charge is 2.25. The van der Waals surface area contributed by atoms with Crippen LogP contribution in [0.3, 0.4) is 0 Å². The molecule has 21 heavy (non-hydrogen) atoms. The number of carbonyl (C=O) groups excluding carboxylic acids is 1. The van der Waals surface area contributed by atoms with E-state index in [4.69, 9.17) is 0 Å². The Labute approximate surface area is 124 Å². The van der Waals surface area contributed by atoms with Crippen molar-refractivity contribution in [3.05, 3.63) is 64.5 Å². The van der Waals surface area contributed by atoms with Crippen LogP contribution >= 0.6 is 0 Å². The van der Waals surface area contributed by atoms with Gasteiger partial charge in [0.1, 0.15) is 5.82 Å². The number of anilines is 1. The van der Waals surface area contributed by atoms with Crippen LogP contribution in [0.15, 0.2) is 36.4 Å². The number of fused-ring (bicyclic) bond motifs is 1. The zero-order chi connectivity index (χ0) is 15.0. The Kier molecular flexibility index (Phi) is 3.50. The molecular weight excluding hydrogens is 265 g/mol. The smallest absolute Gasteiger partial charge is 0.261 e. The molecule has 0 radical (unpaired) electrons. The van der Waals surface area contributed by atoms with Crippen LogP contribution in [0.25, 0.3) is 0 Å². The van der Waals surface area contributed by atoms with E-state index in [1.165, 1.54) is 17.2 Å². The Balaban J connectivity index is 2.02. The van der Waals surface area contributed by atoms with Gasteiger partial charge in [0.05, 0.1) is 5.56 Å². The third-order valence-corrected chi connectivity index (χ3v) is 3.95. The standard InChI is InChI=1S/C18H18FNO/c1-12-6-8-17-14(10-12)4-3-9-20(17)18(21)15-11-13(2)5-7-16(15)19/h5-8,10-11H,3-4,9H2,1-2H3. The molecular formula is C18H18FNO. The number of benzene rings is 2. The number of rotatable bonds is 1. The number of amides is 1. The molecule has 3 heteroatoms. The van der Waals surface area contributed by atoms with Crippen LogP contribution < -0.4 is 4.90 Å². The summed E-state index contributed by atoms with van der Waals surface area (Å²) in [5, 5.41) is 0. The molecule has 1 aliphatic heterocycles. The van der Waals surface area contributed by atoms with Gasteiger partial charge in [-0.25, -0.2) is 4.39 Å². The molecule has 0 bridgehead atoms. The first-order valence-electron chi connectivity index (χ1n) is 7.24. The summed E-state index contributed by atoms with van der Waals surface area (Å²) in [6.07, 6.45) is 1.88. The van der Waals surface area contributed by atoms with Crippen molar-refractivity contribution in [1.29, 1.82) is 0 Å². The van der Waals surface area contributed by atoms with Crippen molar-refractivity contribution in [2.75, 3.05) is 11.4 Å². The first-order chi connectivity index (χ1) is 10.1. The average Bonchev–Trinajstić information content (AvgIpc) is 2.48. The molecule has 0 aromatic heterocycles. The Bertz CT molecular complexity index is 708. The molecule has 0 atom stereocenters. The maximum Gasteiger partial charge on any atom is 0.261 e. The number of aryl methyl sites for hydroxylation is 3. The normalized spacial score (nSPS) is 14.0. The first kappa shape index (κ1) is 13.8. The summed E-state index contributed by atoms with van der Waals surface area (Å²) in [6, 6.07) is 10.7. The van der Waals surface area contributed by atoms with E-state index >= 15 is 0 Å². The summed E-state index contributed by atoms with van der Waals surface area (Å²) >= 11 is 0. The van der Waals surface area contributed by atoms with E-state index in [0.29, 0.717) is 6.54 Å². The Morgan fingerprint density at radius 2 is 1.81 bits per heavy atom. The van der Waals surface area contributed by atoms with E-state index in [1.807, 2.05) is 26.0 Å². The second kappa shape index (κ2) is 5.32. The van der Waals surface area contributed by atoms with Crippen molar-refractivity contribution in [2.24, 2.45) is 0 Å². The molecule has 1 aliphatic rings. The summed E-state index contributed by atoms with van der Waals surface area (Å²) in [7, 11) is 0. The number of hydrogen-bond acceptors (Lipinski definition) is 1. The van der Waals surface area contributed by atoms with Crippen LogP contribution in [0.1, 0.15) is 33.5 Å². The molecule has 0 spiro atoms. The first-order valence-corrected chi connectivity index (χ1v) is 7.24. The summed E-state index contributed by atoms with van der Waals surface area (Å²) < 4.78 is 14.0. The monoisotopic (exact) mass is 283 g/mol. The Morgan fingerprint density at radius 3 is 2.62 bits per heavy atom. The molecule has 0 saturated carbocycles. The second-order valence-corrected chi connectivity index (χ2v) is 5.68. The fraction of sp³-hybridized carbons (Fsp3) is 0.278. The van der Waals surface area contributed by atoms with Gasteiger partial charge in [0, 0.05) is 12.2 Å². The molecule has 0 N–H and O–H groups in total. The Hall–Kier alpha value is -2.16. The lowest BCUT2D eigenvalue weighted by atomic mass is 9.98.